The monoisotopic (exact) mass is 529 g/mol. The second-order valence-electron chi connectivity index (χ2n) is 9.58. The number of ether oxygens (including phenoxy) is 1. The van der Waals surface area contributed by atoms with Gasteiger partial charge in [0.25, 0.3) is 0 Å². The van der Waals surface area contributed by atoms with Crippen molar-refractivity contribution in [2.24, 2.45) is 5.73 Å². The van der Waals surface area contributed by atoms with Gasteiger partial charge in [-0.1, -0.05) is 0 Å². The van der Waals surface area contributed by atoms with Gasteiger partial charge in [-0.15, -0.1) is 0 Å². The van der Waals surface area contributed by atoms with E-state index in [9.17, 15) is 17.6 Å². The predicted octanol–water partition coefficient (Wildman–Crippen LogP) is 4.36. The summed E-state index contributed by atoms with van der Waals surface area (Å²) < 4.78 is 62.6. The Kier molecular flexibility index (Phi) is 6.82. The summed E-state index contributed by atoms with van der Waals surface area (Å²) in [6.45, 7) is 1.07. The molecule has 0 unspecified atom stereocenters. The Bertz CT molecular complexity index is 1480. The molecule has 0 saturated carbocycles. The third kappa shape index (κ3) is 4.95. The van der Waals surface area contributed by atoms with Crippen LogP contribution in [0.1, 0.15) is 24.8 Å². The van der Waals surface area contributed by atoms with Crippen LogP contribution in [0.2, 0.25) is 0 Å². The zero-order valence-corrected chi connectivity index (χ0v) is 20.7. The van der Waals surface area contributed by atoms with E-state index >= 15 is 0 Å². The number of imidazole rings is 1. The molecule has 12 heteroatoms. The van der Waals surface area contributed by atoms with E-state index in [-0.39, 0.29) is 35.9 Å². The number of hydrogen-bond donors (Lipinski definition) is 2. The Hall–Kier alpha value is -3.93. The minimum atomic E-state index is -2.52. The van der Waals surface area contributed by atoms with E-state index in [1.807, 2.05) is 9.47 Å². The van der Waals surface area contributed by atoms with E-state index in [1.165, 1.54) is 7.11 Å². The van der Waals surface area contributed by atoms with E-state index in [2.05, 4.69) is 15.0 Å². The maximum Gasteiger partial charge on any atom is 0.240 e. The van der Waals surface area contributed by atoms with Crippen molar-refractivity contribution in [2.45, 2.75) is 37.8 Å². The number of methoxy groups -OCH3 is 1. The third-order valence-electron chi connectivity index (χ3n) is 6.90. The SMILES string of the molecule is COc1cc(F)c(-c2cc(Cn3cnc4c(N)nccc43)c(N3CCC[C@](N)(CC(F)F)C3)cn2)cc1F. The molecule has 1 aliphatic heterocycles. The second-order valence-corrected chi connectivity index (χ2v) is 9.58. The molecule has 0 radical (unpaired) electrons. The Labute approximate surface area is 216 Å². The topological polar surface area (TPSA) is 108 Å². The van der Waals surface area contributed by atoms with Gasteiger partial charge in [-0.3, -0.25) is 4.98 Å². The molecule has 3 aromatic heterocycles. The number of nitrogens with two attached hydrogens (primary N) is 2. The molecule has 0 aliphatic carbocycles. The van der Waals surface area contributed by atoms with Crippen LogP contribution in [0.5, 0.6) is 5.75 Å². The Morgan fingerprint density at radius 2 is 1.95 bits per heavy atom. The van der Waals surface area contributed by atoms with Crippen LogP contribution < -0.4 is 21.1 Å². The van der Waals surface area contributed by atoms with Crippen molar-refractivity contribution >= 4 is 22.5 Å². The molecular weight excluding hydrogens is 502 g/mol. The number of benzene rings is 1. The van der Waals surface area contributed by atoms with Crippen molar-refractivity contribution in [2.75, 3.05) is 30.8 Å². The largest absolute Gasteiger partial charge is 0.494 e. The first kappa shape index (κ1) is 25.7. The number of nitrogens with zero attached hydrogens (tertiary/aromatic N) is 5. The van der Waals surface area contributed by atoms with Gasteiger partial charge in [0.2, 0.25) is 6.43 Å². The number of piperidine rings is 1. The van der Waals surface area contributed by atoms with Crippen LogP contribution in [0.15, 0.2) is 43.0 Å². The molecule has 8 nitrogen and oxygen atoms in total. The minimum Gasteiger partial charge on any atom is -0.494 e. The summed E-state index contributed by atoms with van der Waals surface area (Å²) in [6.07, 6.45) is 2.89. The van der Waals surface area contributed by atoms with E-state index in [1.54, 1.807) is 30.9 Å². The number of anilines is 2. The summed E-state index contributed by atoms with van der Waals surface area (Å²) >= 11 is 0. The number of hydrogen-bond acceptors (Lipinski definition) is 7. The Morgan fingerprint density at radius 3 is 2.71 bits per heavy atom. The van der Waals surface area contributed by atoms with Gasteiger partial charge in [0.1, 0.15) is 11.3 Å². The summed E-state index contributed by atoms with van der Waals surface area (Å²) in [5.41, 5.74) is 14.1. The zero-order valence-electron chi connectivity index (χ0n) is 20.7. The van der Waals surface area contributed by atoms with Crippen LogP contribution in [-0.2, 0) is 6.54 Å². The fraction of sp³-hybridized carbons (Fsp3) is 0.346. The molecule has 1 fully saturated rings. The van der Waals surface area contributed by atoms with Gasteiger partial charge < -0.3 is 25.7 Å². The van der Waals surface area contributed by atoms with E-state index in [4.69, 9.17) is 16.2 Å². The lowest BCUT2D eigenvalue weighted by Crippen LogP contribution is -2.55. The van der Waals surface area contributed by atoms with Crippen molar-refractivity contribution in [3.63, 3.8) is 0 Å². The quantitative estimate of drug-likeness (QED) is 0.343. The van der Waals surface area contributed by atoms with Crippen molar-refractivity contribution in [1.82, 2.24) is 19.5 Å². The minimum absolute atomic E-state index is 0.0375. The average Bonchev–Trinajstić information content (AvgIpc) is 3.28. The van der Waals surface area contributed by atoms with Gasteiger partial charge in [0, 0.05) is 42.9 Å². The summed E-state index contributed by atoms with van der Waals surface area (Å²) in [4.78, 5) is 14.8. The number of fused-ring (bicyclic) bond motifs is 1. The summed E-state index contributed by atoms with van der Waals surface area (Å²) in [7, 11) is 1.25. The fourth-order valence-corrected chi connectivity index (χ4v) is 5.09. The third-order valence-corrected chi connectivity index (χ3v) is 6.90. The lowest BCUT2D eigenvalue weighted by molar-refractivity contribution is 0.0983. The van der Waals surface area contributed by atoms with Crippen molar-refractivity contribution < 1.29 is 22.3 Å². The molecule has 1 aromatic carbocycles. The first-order valence-electron chi connectivity index (χ1n) is 12.1. The Balaban J connectivity index is 1.59. The number of aromatic nitrogens is 4. The lowest BCUT2D eigenvalue weighted by atomic mass is 9.86. The molecule has 0 bridgehead atoms. The smallest absolute Gasteiger partial charge is 0.240 e. The van der Waals surface area contributed by atoms with Crippen molar-refractivity contribution in [1.29, 1.82) is 0 Å². The predicted molar refractivity (Wildman–Crippen MR) is 136 cm³/mol. The molecule has 4 heterocycles. The lowest BCUT2D eigenvalue weighted by Gasteiger charge is -2.42. The first-order chi connectivity index (χ1) is 18.2. The molecule has 0 spiro atoms. The number of rotatable bonds is 7. The molecule has 38 heavy (non-hydrogen) atoms. The van der Waals surface area contributed by atoms with Gasteiger partial charge in [0.05, 0.1) is 43.1 Å². The molecule has 4 aromatic rings. The highest BCUT2D eigenvalue weighted by Gasteiger charge is 2.35. The molecule has 200 valence electrons. The molecule has 5 rings (SSSR count). The highest BCUT2D eigenvalue weighted by atomic mass is 19.3. The van der Waals surface area contributed by atoms with E-state index in [0.29, 0.717) is 36.2 Å². The molecule has 1 aliphatic rings. The Morgan fingerprint density at radius 1 is 1.13 bits per heavy atom. The molecule has 1 saturated heterocycles. The highest BCUT2D eigenvalue weighted by Crippen LogP contribution is 2.34. The van der Waals surface area contributed by atoms with Crippen LogP contribution in [0, 0.1) is 11.6 Å². The maximum absolute atomic E-state index is 14.9. The fourth-order valence-electron chi connectivity index (χ4n) is 5.09. The van der Waals surface area contributed by atoms with E-state index in [0.717, 1.165) is 17.6 Å². The van der Waals surface area contributed by atoms with Crippen LogP contribution in [0.3, 0.4) is 0 Å². The second kappa shape index (κ2) is 10.1. The van der Waals surface area contributed by atoms with Gasteiger partial charge in [-0.05, 0) is 36.6 Å². The average molecular weight is 530 g/mol. The van der Waals surface area contributed by atoms with Crippen molar-refractivity contribution in [3.8, 4) is 17.0 Å². The van der Waals surface area contributed by atoms with Crippen LogP contribution in [0.25, 0.3) is 22.3 Å². The summed E-state index contributed by atoms with van der Waals surface area (Å²) in [5.74, 6) is -1.36. The number of pyridine rings is 2. The van der Waals surface area contributed by atoms with Crippen LogP contribution in [0.4, 0.5) is 29.1 Å². The molecule has 1 atom stereocenters. The highest BCUT2D eigenvalue weighted by molar-refractivity contribution is 5.84. The number of nitrogen functional groups attached to an aromatic ring is 1. The molecular formula is C26H27F4N7O. The standard InChI is InChI=1S/C26H27F4N7O/c1-38-22-9-17(27)16(8-18(22)28)19-7-15(12-37-14-35-24-20(37)3-5-33-25(24)31)21(11-34-19)36-6-2-4-26(32,13-36)10-23(29)30/h3,5,7-9,11,14,23H,2,4,6,10,12-13,32H2,1H3,(H2,31,33)/t26-/m0/s1. The van der Waals surface area contributed by atoms with Gasteiger partial charge in [-0.2, -0.15) is 0 Å². The molecule has 4 N–H and O–H groups in total. The van der Waals surface area contributed by atoms with Gasteiger partial charge in [0.15, 0.2) is 17.4 Å². The number of halogens is 4. The zero-order chi connectivity index (χ0) is 27.0. The normalized spacial score (nSPS) is 17.9. The maximum atomic E-state index is 14.9. The van der Waals surface area contributed by atoms with Crippen LogP contribution >= 0.6 is 0 Å². The van der Waals surface area contributed by atoms with E-state index < -0.39 is 30.0 Å². The first-order valence-corrected chi connectivity index (χ1v) is 12.1. The molecule has 0 amide bonds. The van der Waals surface area contributed by atoms with Gasteiger partial charge >= 0.3 is 0 Å². The summed E-state index contributed by atoms with van der Waals surface area (Å²) in [6, 6.07) is 5.44. The number of alkyl halides is 2. The van der Waals surface area contributed by atoms with Gasteiger partial charge in [-0.25, -0.2) is 27.5 Å². The van der Waals surface area contributed by atoms with Crippen LogP contribution in [-0.4, -0.2) is 51.7 Å². The van der Waals surface area contributed by atoms with Crippen molar-refractivity contribution in [3.05, 3.63) is 60.2 Å². The summed E-state index contributed by atoms with van der Waals surface area (Å²) in [5, 5.41) is 0.